The average Bonchev–Trinajstić information content (AvgIpc) is 3.19. The highest BCUT2D eigenvalue weighted by Gasteiger charge is 2.13. The largest absolute Gasteiger partial charge is 0.497 e. The summed E-state index contributed by atoms with van der Waals surface area (Å²) in [7, 11) is 1.59. The molecule has 0 spiro atoms. The van der Waals surface area contributed by atoms with Crippen molar-refractivity contribution in [2.45, 2.75) is 12.1 Å². The van der Waals surface area contributed by atoms with Crippen LogP contribution >= 0.6 is 23.4 Å². The third kappa shape index (κ3) is 4.57. The molecule has 0 atom stereocenters. The first-order chi connectivity index (χ1) is 14.9. The van der Waals surface area contributed by atoms with E-state index in [9.17, 15) is 9.59 Å². The van der Waals surface area contributed by atoms with Gasteiger partial charge in [-0.05, 0) is 48.9 Å². The monoisotopic (exact) mass is 455 g/mol. The second-order valence-corrected chi connectivity index (χ2v) is 8.03. The molecule has 0 saturated carbocycles. The fourth-order valence-electron chi connectivity index (χ4n) is 2.88. The summed E-state index contributed by atoms with van der Waals surface area (Å²) in [5, 5.41) is 8.32. The first-order valence-electron chi connectivity index (χ1n) is 9.26. The Morgan fingerprint density at radius 1 is 1.26 bits per heavy atom. The number of carbonyl (C=O) groups is 1. The predicted octanol–water partition coefficient (Wildman–Crippen LogP) is 3.81. The first-order valence-corrected chi connectivity index (χ1v) is 10.6. The molecule has 4 rings (SSSR count). The van der Waals surface area contributed by atoms with Gasteiger partial charge in [-0.3, -0.25) is 9.59 Å². The van der Waals surface area contributed by atoms with Gasteiger partial charge in [0.15, 0.2) is 10.8 Å². The zero-order valence-corrected chi connectivity index (χ0v) is 18.3. The molecule has 1 amide bonds. The number of aromatic nitrogens is 4. The number of carbonyl (C=O) groups excluding carboxylic acids is 1. The molecule has 2 N–H and O–H groups in total. The van der Waals surface area contributed by atoms with Crippen LogP contribution in [0.1, 0.15) is 5.56 Å². The molecule has 0 aliphatic carbocycles. The molecule has 0 aliphatic rings. The number of ether oxygens (including phenoxy) is 1. The first kappa shape index (κ1) is 21.0. The van der Waals surface area contributed by atoms with Crippen molar-refractivity contribution in [3.8, 4) is 11.4 Å². The van der Waals surface area contributed by atoms with Crippen LogP contribution in [0, 0.1) is 6.92 Å². The minimum absolute atomic E-state index is 0.0661. The Kier molecular flexibility index (Phi) is 5.97. The second-order valence-electron chi connectivity index (χ2n) is 6.66. The van der Waals surface area contributed by atoms with Crippen LogP contribution in [0.5, 0.6) is 5.75 Å². The maximum atomic E-state index is 12.5. The van der Waals surface area contributed by atoms with E-state index in [-0.39, 0.29) is 17.2 Å². The van der Waals surface area contributed by atoms with Crippen molar-refractivity contribution in [3.63, 3.8) is 0 Å². The third-order valence-electron chi connectivity index (χ3n) is 4.53. The molecule has 2 aromatic carbocycles. The molecule has 0 saturated heterocycles. The van der Waals surface area contributed by atoms with Crippen LogP contribution in [0.25, 0.3) is 16.7 Å². The number of amides is 1. The lowest BCUT2D eigenvalue weighted by Crippen LogP contribution is -2.15. The standard InChI is InChI=1S/C21H18ClN5O3S/c1-12-3-4-13(9-17(12)22)24-18(28)11-31-21-25-19-16(20(29)26-21)10-23-27(19)14-5-7-15(30-2)8-6-14/h3-10H,11H2,1-2H3,(H,24,28)(H,25,26,29). The molecule has 8 nitrogen and oxygen atoms in total. The number of thioether (sulfide) groups is 1. The summed E-state index contributed by atoms with van der Waals surface area (Å²) in [6.45, 7) is 1.89. The zero-order valence-electron chi connectivity index (χ0n) is 16.7. The van der Waals surface area contributed by atoms with Crippen LogP contribution in [-0.2, 0) is 4.79 Å². The van der Waals surface area contributed by atoms with Crippen LogP contribution in [0.3, 0.4) is 0 Å². The van der Waals surface area contributed by atoms with E-state index in [0.29, 0.717) is 32.6 Å². The van der Waals surface area contributed by atoms with Crippen molar-refractivity contribution in [3.05, 3.63) is 69.6 Å². The Labute approximate surface area is 186 Å². The maximum absolute atomic E-state index is 12.5. The molecular formula is C21H18ClN5O3S. The molecule has 4 aromatic rings. The molecule has 0 radical (unpaired) electrons. The Hall–Kier alpha value is -3.30. The van der Waals surface area contributed by atoms with Crippen molar-refractivity contribution in [1.29, 1.82) is 0 Å². The van der Waals surface area contributed by atoms with Gasteiger partial charge in [0, 0.05) is 10.7 Å². The van der Waals surface area contributed by atoms with Gasteiger partial charge in [0.25, 0.3) is 5.56 Å². The summed E-state index contributed by atoms with van der Waals surface area (Å²) in [5.41, 5.74) is 2.35. The Morgan fingerprint density at radius 2 is 2.03 bits per heavy atom. The lowest BCUT2D eigenvalue weighted by molar-refractivity contribution is -0.113. The minimum atomic E-state index is -0.321. The number of aromatic amines is 1. The van der Waals surface area contributed by atoms with Gasteiger partial charge in [-0.25, -0.2) is 9.67 Å². The van der Waals surface area contributed by atoms with E-state index < -0.39 is 0 Å². The third-order valence-corrected chi connectivity index (χ3v) is 5.81. The van der Waals surface area contributed by atoms with Gasteiger partial charge in [-0.15, -0.1) is 0 Å². The van der Waals surface area contributed by atoms with Gasteiger partial charge in [0.1, 0.15) is 11.1 Å². The van der Waals surface area contributed by atoms with E-state index in [4.69, 9.17) is 16.3 Å². The lowest BCUT2D eigenvalue weighted by atomic mass is 10.2. The number of benzene rings is 2. The number of rotatable bonds is 6. The number of nitrogens with zero attached hydrogens (tertiary/aromatic N) is 3. The quantitative estimate of drug-likeness (QED) is 0.338. The summed E-state index contributed by atoms with van der Waals surface area (Å²) in [6, 6.07) is 12.5. The molecule has 158 valence electrons. The van der Waals surface area contributed by atoms with E-state index in [1.807, 2.05) is 25.1 Å². The van der Waals surface area contributed by atoms with Gasteiger partial charge >= 0.3 is 0 Å². The SMILES string of the molecule is COc1ccc(-n2ncc3c(=O)[nH]c(SCC(=O)Nc4ccc(C)c(Cl)c4)nc32)cc1. The molecule has 31 heavy (non-hydrogen) atoms. The molecule has 10 heteroatoms. The van der Waals surface area contributed by atoms with Crippen LogP contribution in [-0.4, -0.2) is 38.5 Å². The predicted molar refractivity (Wildman–Crippen MR) is 122 cm³/mol. The van der Waals surface area contributed by atoms with Gasteiger partial charge in [0.2, 0.25) is 5.91 Å². The van der Waals surface area contributed by atoms with Crippen LogP contribution < -0.4 is 15.6 Å². The van der Waals surface area contributed by atoms with E-state index in [2.05, 4.69) is 20.4 Å². The smallest absolute Gasteiger partial charge is 0.262 e. The lowest BCUT2D eigenvalue weighted by Gasteiger charge is -2.07. The summed E-state index contributed by atoms with van der Waals surface area (Å²) >= 11 is 7.22. The van der Waals surface area contributed by atoms with E-state index in [0.717, 1.165) is 23.0 Å². The zero-order chi connectivity index (χ0) is 22.0. The highest BCUT2D eigenvalue weighted by Crippen LogP contribution is 2.22. The topological polar surface area (TPSA) is 102 Å². The van der Waals surface area contributed by atoms with Crippen LogP contribution in [0.15, 0.2) is 58.6 Å². The number of halogens is 1. The molecule has 0 aliphatic heterocycles. The van der Waals surface area contributed by atoms with Crippen molar-refractivity contribution in [1.82, 2.24) is 19.7 Å². The number of H-pyrrole nitrogens is 1. The molecular weight excluding hydrogens is 438 g/mol. The van der Waals surface area contributed by atoms with E-state index in [1.54, 1.807) is 36.1 Å². The maximum Gasteiger partial charge on any atom is 0.262 e. The number of hydrogen-bond donors (Lipinski definition) is 2. The molecule has 0 unspecified atom stereocenters. The van der Waals surface area contributed by atoms with Crippen molar-refractivity contribution >= 4 is 46.0 Å². The Balaban J connectivity index is 1.53. The average molecular weight is 456 g/mol. The molecule has 0 bridgehead atoms. The number of aryl methyl sites for hydroxylation is 1. The minimum Gasteiger partial charge on any atom is -0.497 e. The summed E-state index contributed by atoms with van der Waals surface area (Å²) < 4.78 is 6.74. The van der Waals surface area contributed by atoms with E-state index in [1.165, 1.54) is 6.20 Å². The fraction of sp³-hybridized carbons (Fsp3) is 0.143. The van der Waals surface area contributed by atoms with Crippen LogP contribution in [0.4, 0.5) is 5.69 Å². The summed E-state index contributed by atoms with van der Waals surface area (Å²) in [4.78, 5) is 31.9. The van der Waals surface area contributed by atoms with Crippen molar-refractivity contribution in [2.24, 2.45) is 0 Å². The van der Waals surface area contributed by atoms with Crippen molar-refractivity contribution in [2.75, 3.05) is 18.2 Å². The number of fused-ring (bicyclic) bond motifs is 1. The Morgan fingerprint density at radius 3 is 2.74 bits per heavy atom. The van der Waals surface area contributed by atoms with E-state index >= 15 is 0 Å². The highest BCUT2D eigenvalue weighted by molar-refractivity contribution is 7.99. The fourth-order valence-corrected chi connectivity index (χ4v) is 3.72. The van der Waals surface area contributed by atoms with Gasteiger partial charge in [-0.2, -0.15) is 5.10 Å². The number of hydrogen-bond acceptors (Lipinski definition) is 6. The van der Waals surface area contributed by atoms with Gasteiger partial charge in [-0.1, -0.05) is 29.4 Å². The summed E-state index contributed by atoms with van der Waals surface area (Å²) in [5.74, 6) is 0.538. The van der Waals surface area contributed by atoms with Crippen LogP contribution in [0.2, 0.25) is 5.02 Å². The highest BCUT2D eigenvalue weighted by atomic mass is 35.5. The normalized spacial score (nSPS) is 10.9. The Bertz CT molecular complexity index is 1320. The number of anilines is 1. The number of nitrogens with one attached hydrogen (secondary N) is 2. The summed E-state index contributed by atoms with van der Waals surface area (Å²) in [6.07, 6.45) is 1.47. The molecule has 2 aromatic heterocycles. The van der Waals surface area contributed by atoms with Gasteiger partial charge < -0.3 is 15.0 Å². The van der Waals surface area contributed by atoms with Gasteiger partial charge in [0.05, 0.1) is 24.7 Å². The molecule has 2 heterocycles. The molecule has 0 fully saturated rings. The second kappa shape index (κ2) is 8.83. The number of methoxy groups -OCH3 is 1. The van der Waals surface area contributed by atoms with Crippen molar-refractivity contribution < 1.29 is 9.53 Å².